The van der Waals surface area contributed by atoms with E-state index >= 15 is 0 Å². The van der Waals surface area contributed by atoms with Crippen molar-refractivity contribution in [1.82, 2.24) is 4.90 Å². The summed E-state index contributed by atoms with van der Waals surface area (Å²) in [6, 6.07) is 11.1. The van der Waals surface area contributed by atoms with E-state index in [0.717, 1.165) is 10.5 Å². The Bertz CT molecular complexity index is 609. The number of nitriles is 1. The highest BCUT2D eigenvalue weighted by molar-refractivity contribution is 5.87. The van der Waals surface area contributed by atoms with E-state index in [1.807, 2.05) is 36.4 Å². The Kier molecular flexibility index (Phi) is 7.66. The second-order valence-electron chi connectivity index (χ2n) is 5.43. The molecule has 0 heterocycles. The number of ether oxygens (including phenoxy) is 1. The Morgan fingerprint density at radius 2 is 2.08 bits per heavy atom. The van der Waals surface area contributed by atoms with Gasteiger partial charge in [-0.2, -0.15) is 5.26 Å². The number of benzene rings is 1. The van der Waals surface area contributed by atoms with E-state index < -0.39 is 11.5 Å². The van der Waals surface area contributed by atoms with Crippen LogP contribution in [-0.4, -0.2) is 41.1 Å². The first-order valence-electron chi connectivity index (χ1n) is 7.57. The number of nitrogens with zero attached hydrogens (tertiary/aromatic N) is 2. The summed E-state index contributed by atoms with van der Waals surface area (Å²) in [5.41, 5.74) is -0.823. The SMILES string of the molecule is C=CCCC(=O)N(C)C(CC#N)(COCc1ccccc1)C(=O)O. The molecule has 24 heavy (non-hydrogen) atoms. The average molecular weight is 330 g/mol. The fourth-order valence-corrected chi connectivity index (χ4v) is 2.22. The van der Waals surface area contributed by atoms with Crippen LogP contribution in [0.2, 0.25) is 0 Å². The van der Waals surface area contributed by atoms with Gasteiger partial charge < -0.3 is 14.7 Å². The minimum absolute atomic E-state index is 0.138. The summed E-state index contributed by atoms with van der Waals surface area (Å²) in [7, 11) is 1.39. The Hall–Kier alpha value is -2.65. The van der Waals surface area contributed by atoms with Crippen molar-refractivity contribution in [1.29, 1.82) is 5.26 Å². The molecular formula is C18H22N2O4. The van der Waals surface area contributed by atoms with E-state index in [-0.39, 0.29) is 32.0 Å². The van der Waals surface area contributed by atoms with E-state index in [1.54, 1.807) is 6.08 Å². The van der Waals surface area contributed by atoms with Crippen LogP contribution in [-0.2, 0) is 20.9 Å². The number of rotatable bonds is 10. The number of likely N-dealkylation sites (N-methyl/N-ethyl adjacent to an activating group) is 1. The lowest BCUT2D eigenvalue weighted by Gasteiger charge is -2.36. The van der Waals surface area contributed by atoms with Crippen molar-refractivity contribution in [2.24, 2.45) is 0 Å². The predicted octanol–water partition coefficient (Wildman–Crippen LogP) is 2.36. The topological polar surface area (TPSA) is 90.6 Å². The first-order valence-corrected chi connectivity index (χ1v) is 7.57. The second kappa shape index (κ2) is 9.48. The molecule has 0 saturated carbocycles. The van der Waals surface area contributed by atoms with Gasteiger partial charge in [0.05, 0.1) is 25.7 Å². The van der Waals surface area contributed by atoms with Crippen molar-refractivity contribution >= 4 is 11.9 Å². The van der Waals surface area contributed by atoms with E-state index in [9.17, 15) is 14.7 Å². The lowest BCUT2D eigenvalue weighted by atomic mass is 9.94. The molecule has 1 N–H and O–H groups in total. The molecule has 0 saturated heterocycles. The molecule has 6 nitrogen and oxygen atoms in total. The molecule has 0 fully saturated rings. The summed E-state index contributed by atoms with van der Waals surface area (Å²) in [4.78, 5) is 25.1. The van der Waals surface area contributed by atoms with Gasteiger partial charge in [-0.05, 0) is 12.0 Å². The lowest BCUT2D eigenvalue weighted by Crippen LogP contribution is -2.58. The summed E-state index contributed by atoms with van der Waals surface area (Å²) in [5.74, 6) is -1.62. The normalized spacial score (nSPS) is 12.7. The molecule has 0 aliphatic rings. The maximum atomic E-state index is 12.2. The smallest absolute Gasteiger partial charge is 0.333 e. The zero-order valence-electron chi connectivity index (χ0n) is 13.8. The van der Waals surface area contributed by atoms with Gasteiger partial charge >= 0.3 is 5.97 Å². The molecular weight excluding hydrogens is 308 g/mol. The van der Waals surface area contributed by atoms with E-state index in [1.165, 1.54) is 7.05 Å². The number of aliphatic carboxylic acids is 1. The van der Waals surface area contributed by atoms with Gasteiger partial charge in [0.1, 0.15) is 0 Å². The molecule has 0 bridgehead atoms. The van der Waals surface area contributed by atoms with Crippen molar-refractivity contribution in [2.75, 3.05) is 13.7 Å². The van der Waals surface area contributed by atoms with E-state index in [0.29, 0.717) is 6.42 Å². The third kappa shape index (κ3) is 4.93. The largest absolute Gasteiger partial charge is 0.479 e. The van der Waals surface area contributed by atoms with Gasteiger partial charge in [0.2, 0.25) is 5.91 Å². The lowest BCUT2D eigenvalue weighted by molar-refractivity contribution is -0.162. The Labute approximate surface area is 142 Å². The second-order valence-corrected chi connectivity index (χ2v) is 5.43. The van der Waals surface area contributed by atoms with Crippen LogP contribution in [0.15, 0.2) is 43.0 Å². The molecule has 0 aliphatic carbocycles. The third-order valence-electron chi connectivity index (χ3n) is 3.80. The zero-order valence-corrected chi connectivity index (χ0v) is 13.8. The zero-order chi connectivity index (χ0) is 18.0. The monoisotopic (exact) mass is 330 g/mol. The highest BCUT2D eigenvalue weighted by atomic mass is 16.5. The first-order chi connectivity index (χ1) is 11.5. The Morgan fingerprint density at radius 3 is 2.62 bits per heavy atom. The molecule has 1 rings (SSSR count). The van der Waals surface area contributed by atoms with Gasteiger partial charge in [0, 0.05) is 13.5 Å². The van der Waals surface area contributed by atoms with Crippen LogP contribution >= 0.6 is 0 Å². The summed E-state index contributed by atoms with van der Waals surface area (Å²) in [6.07, 6.45) is 1.81. The molecule has 0 aromatic heterocycles. The maximum Gasteiger partial charge on any atom is 0.333 e. The number of amides is 1. The van der Waals surface area contributed by atoms with Gasteiger partial charge in [-0.1, -0.05) is 36.4 Å². The number of hydrogen-bond donors (Lipinski definition) is 1. The molecule has 128 valence electrons. The van der Waals surface area contributed by atoms with Gasteiger partial charge in [-0.15, -0.1) is 6.58 Å². The number of carboxylic acids is 1. The van der Waals surface area contributed by atoms with Crippen molar-refractivity contribution in [3.8, 4) is 6.07 Å². The van der Waals surface area contributed by atoms with Gasteiger partial charge in [-0.3, -0.25) is 4.79 Å². The van der Waals surface area contributed by atoms with Gasteiger partial charge in [-0.25, -0.2) is 4.79 Å². The fraction of sp³-hybridized carbons (Fsp3) is 0.389. The molecule has 0 radical (unpaired) electrons. The molecule has 1 unspecified atom stereocenters. The van der Waals surface area contributed by atoms with E-state index in [4.69, 9.17) is 10.00 Å². The summed E-state index contributed by atoms with van der Waals surface area (Å²) in [6.45, 7) is 3.49. The van der Waals surface area contributed by atoms with Crippen molar-refractivity contribution in [3.05, 3.63) is 48.6 Å². The Balaban J connectivity index is 2.88. The number of hydrogen-bond acceptors (Lipinski definition) is 4. The molecule has 1 atom stereocenters. The molecule has 6 heteroatoms. The molecule has 1 aromatic carbocycles. The maximum absolute atomic E-state index is 12.2. The Morgan fingerprint density at radius 1 is 1.42 bits per heavy atom. The van der Waals surface area contributed by atoms with Crippen molar-refractivity contribution < 1.29 is 19.4 Å². The third-order valence-corrected chi connectivity index (χ3v) is 3.80. The molecule has 1 amide bonds. The quantitative estimate of drug-likeness (QED) is 0.665. The van der Waals surface area contributed by atoms with Crippen LogP contribution < -0.4 is 0 Å². The highest BCUT2D eigenvalue weighted by Crippen LogP contribution is 2.22. The van der Waals surface area contributed by atoms with Crippen LogP contribution in [0.25, 0.3) is 0 Å². The van der Waals surface area contributed by atoms with Crippen LogP contribution in [0.3, 0.4) is 0 Å². The van der Waals surface area contributed by atoms with Crippen molar-refractivity contribution in [3.63, 3.8) is 0 Å². The first kappa shape index (κ1) is 19.4. The standard InChI is InChI=1S/C18H22N2O4/c1-3-4-10-16(21)20(2)18(11-12-19,17(22)23)14-24-13-15-8-6-5-7-9-15/h3,5-9H,1,4,10-11,13-14H2,2H3,(H,22,23). The summed E-state index contributed by atoms with van der Waals surface area (Å²) in [5, 5.41) is 18.7. The average Bonchev–Trinajstić information content (AvgIpc) is 2.58. The number of carboxylic acid groups (broad SMARTS) is 1. The van der Waals surface area contributed by atoms with Crippen LogP contribution in [0.1, 0.15) is 24.8 Å². The number of carbonyl (C=O) groups excluding carboxylic acids is 1. The van der Waals surface area contributed by atoms with E-state index in [2.05, 4.69) is 6.58 Å². The van der Waals surface area contributed by atoms with Gasteiger partial charge in [0.25, 0.3) is 0 Å². The fourth-order valence-electron chi connectivity index (χ4n) is 2.22. The number of allylic oxidation sites excluding steroid dienone is 1. The number of carbonyl (C=O) groups is 2. The summed E-state index contributed by atoms with van der Waals surface area (Å²) < 4.78 is 5.53. The molecule has 1 aromatic rings. The van der Waals surface area contributed by atoms with Gasteiger partial charge in [0.15, 0.2) is 5.54 Å². The highest BCUT2D eigenvalue weighted by Gasteiger charge is 2.45. The van der Waals surface area contributed by atoms with Crippen LogP contribution in [0.5, 0.6) is 0 Å². The minimum Gasteiger partial charge on any atom is -0.479 e. The molecule has 0 spiro atoms. The van der Waals surface area contributed by atoms with Crippen molar-refractivity contribution in [2.45, 2.75) is 31.4 Å². The summed E-state index contributed by atoms with van der Waals surface area (Å²) >= 11 is 0. The molecule has 0 aliphatic heterocycles. The van der Waals surface area contributed by atoms with Crippen LogP contribution in [0.4, 0.5) is 0 Å². The van der Waals surface area contributed by atoms with Crippen LogP contribution in [0, 0.1) is 11.3 Å². The predicted molar refractivity (Wildman–Crippen MR) is 88.9 cm³/mol. The minimum atomic E-state index is -1.71.